The summed E-state index contributed by atoms with van der Waals surface area (Å²) in [4.78, 5) is 64.7. The van der Waals surface area contributed by atoms with E-state index >= 15 is 0 Å². The fourth-order valence-electron chi connectivity index (χ4n) is 8.83. The van der Waals surface area contributed by atoms with E-state index < -0.39 is 12.1 Å². The van der Waals surface area contributed by atoms with Crippen molar-refractivity contribution in [1.29, 1.82) is 0 Å². The van der Waals surface area contributed by atoms with Crippen LogP contribution >= 0.6 is 0 Å². The Hall–Kier alpha value is -3.68. The third-order valence-corrected chi connectivity index (χ3v) is 11.7. The number of aryl methyl sites for hydroxylation is 2. The zero-order valence-corrected chi connectivity index (χ0v) is 32.4. The number of nitrogens with zero attached hydrogens (tertiary/aromatic N) is 4. The maximum absolute atomic E-state index is 14.5. The monoisotopic (exact) mass is 712 g/mol. The van der Waals surface area contributed by atoms with Gasteiger partial charge in [0, 0.05) is 51.1 Å². The molecule has 2 heterocycles. The molecule has 0 aromatic heterocycles. The third kappa shape index (κ3) is 10.3. The summed E-state index contributed by atoms with van der Waals surface area (Å²) in [6, 6.07) is 19.7. The normalized spacial score (nSPS) is 20.3. The second kappa shape index (κ2) is 19.4. The maximum atomic E-state index is 14.5. The van der Waals surface area contributed by atoms with Gasteiger partial charge in [0.2, 0.25) is 23.6 Å². The van der Waals surface area contributed by atoms with E-state index in [0.717, 1.165) is 77.5 Å². The lowest BCUT2D eigenvalue weighted by atomic mass is 9.79. The van der Waals surface area contributed by atoms with E-state index in [-0.39, 0.29) is 47.3 Å². The Kier molecular flexibility index (Phi) is 14.8. The lowest BCUT2D eigenvalue weighted by Gasteiger charge is -2.41. The summed E-state index contributed by atoms with van der Waals surface area (Å²) in [5.74, 6) is -0.145. The van der Waals surface area contributed by atoms with Crippen molar-refractivity contribution in [2.75, 3.05) is 39.3 Å². The Labute approximate surface area is 313 Å². The summed E-state index contributed by atoms with van der Waals surface area (Å²) in [6.45, 7) is 12.4. The Morgan fingerprint density at radius 1 is 0.558 bits per heavy atom. The van der Waals surface area contributed by atoms with Crippen molar-refractivity contribution < 1.29 is 19.2 Å². The van der Waals surface area contributed by atoms with Gasteiger partial charge in [-0.1, -0.05) is 88.4 Å². The topological polar surface area (TPSA) is 81.2 Å². The summed E-state index contributed by atoms with van der Waals surface area (Å²) in [5, 5.41) is 0. The minimum Gasteiger partial charge on any atom is -0.341 e. The molecule has 2 aliphatic heterocycles. The van der Waals surface area contributed by atoms with Gasteiger partial charge < -0.3 is 19.6 Å². The van der Waals surface area contributed by atoms with Crippen molar-refractivity contribution in [3.63, 3.8) is 0 Å². The second-order valence-electron chi connectivity index (χ2n) is 16.2. The van der Waals surface area contributed by atoms with Crippen LogP contribution in [0.3, 0.4) is 0 Å². The average molecular weight is 713 g/mol. The van der Waals surface area contributed by atoms with E-state index in [1.165, 1.54) is 11.1 Å². The Balaban J connectivity index is 1.29. The molecule has 52 heavy (non-hydrogen) atoms. The van der Waals surface area contributed by atoms with Gasteiger partial charge in [0.25, 0.3) is 0 Å². The van der Waals surface area contributed by atoms with Gasteiger partial charge in [0.1, 0.15) is 12.1 Å². The second-order valence-corrected chi connectivity index (χ2v) is 16.2. The molecule has 0 spiro atoms. The number of rotatable bonds is 16. The van der Waals surface area contributed by atoms with Gasteiger partial charge in [-0.3, -0.25) is 19.2 Å². The first-order chi connectivity index (χ1) is 25.2. The van der Waals surface area contributed by atoms with Crippen molar-refractivity contribution in [3.05, 3.63) is 71.8 Å². The molecule has 2 saturated heterocycles. The summed E-state index contributed by atoms with van der Waals surface area (Å²) in [5.41, 5.74) is 2.47. The average Bonchev–Trinajstić information content (AvgIpc) is 3.90. The molecule has 284 valence electrons. The third-order valence-electron chi connectivity index (χ3n) is 11.7. The van der Waals surface area contributed by atoms with Gasteiger partial charge in [-0.25, -0.2) is 0 Å². The number of amides is 4. The molecule has 2 aromatic rings. The molecule has 0 N–H and O–H groups in total. The minimum atomic E-state index is -0.482. The van der Waals surface area contributed by atoms with E-state index in [4.69, 9.17) is 0 Å². The van der Waals surface area contributed by atoms with Gasteiger partial charge in [0.15, 0.2) is 0 Å². The fraction of sp³-hybridized carbons (Fsp3) is 0.636. The molecule has 4 amide bonds. The molecular weight excluding hydrogens is 649 g/mol. The van der Waals surface area contributed by atoms with Crippen LogP contribution in [-0.4, -0.2) is 94.6 Å². The number of hydrogen-bond donors (Lipinski definition) is 0. The smallest absolute Gasteiger partial charge is 0.245 e. The lowest BCUT2D eigenvalue weighted by Crippen LogP contribution is -2.56. The Bertz CT molecular complexity index is 1320. The molecule has 3 aliphatic rings. The van der Waals surface area contributed by atoms with E-state index in [9.17, 15) is 19.2 Å². The van der Waals surface area contributed by atoms with Gasteiger partial charge in [-0.05, 0) is 100 Å². The molecule has 5 rings (SSSR count). The fourth-order valence-corrected chi connectivity index (χ4v) is 8.83. The number of hydrogen-bond acceptors (Lipinski definition) is 4. The molecular formula is C44H64N4O4. The molecule has 2 atom stereocenters. The van der Waals surface area contributed by atoms with E-state index in [1.54, 1.807) is 0 Å². The molecule has 0 radical (unpaired) electrons. The number of carbonyl (C=O) groups excluding carboxylic acids is 4. The van der Waals surface area contributed by atoms with Crippen molar-refractivity contribution in [1.82, 2.24) is 19.6 Å². The minimum absolute atomic E-state index is 0.00255. The number of carbonyl (C=O) groups is 4. The standard InChI is InChI=1S/C44H64N4O4/c1-33(2)39(43(51)45-27-11-12-28-45)47(31-15-21-35-17-7-5-8-18-35)41(49)37-23-25-38(26-24-37)42(50)48(32-16-22-36-19-9-6-10-20-36)40(34(3)4)44(52)46-29-13-14-30-46/h5-10,17-20,33-34,37-40H,11-16,21-32H2,1-4H3/t37?,38?,39-,40-/m0/s1. The zero-order chi connectivity index (χ0) is 37.0. The van der Waals surface area contributed by atoms with E-state index in [0.29, 0.717) is 38.8 Å². The molecule has 8 heteroatoms. The first-order valence-electron chi connectivity index (χ1n) is 20.4. The van der Waals surface area contributed by atoms with E-state index in [1.807, 2.05) is 56.0 Å². The summed E-state index contributed by atoms with van der Waals surface area (Å²) in [6.07, 6.45) is 9.83. The lowest BCUT2D eigenvalue weighted by molar-refractivity contribution is -0.153. The number of likely N-dealkylation sites (tertiary alicyclic amines) is 2. The highest BCUT2D eigenvalue weighted by atomic mass is 16.2. The molecule has 1 saturated carbocycles. The van der Waals surface area contributed by atoms with Gasteiger partial charge in [-0.15, -0.1) is 0 Å². The van der Waals surface area contributed by atoms with Crippen molar-refractivity contribution in [2.45, 2.75) is 117 Å². The largest absolute Gasteiger partial charge is 0.341 e. The summed E-state index contributed by atoms with van der Waals surface area (Å²) >= 11 is 0. The molecule has 0 unspecified atom stereocenters. The Morgan fingerprint density at radius 2 is 0.885 bits per heavy atom. The van der Waals surface area contributed by atoms with Crippen molar-refractivity contribution >= 4 is 23.6 Å². The highest BCUT2D eigenvalue weighted by molar-refractivity contribution is 5.90. The van der Waals surface area contributed by atoms with Gasteiger partial charge in [0.05, 0.1) is 0 Å². The van der Waals surface area contributed by atoms with Gasteiger partial charge >= 0.3 is 0 Å². The first kappa shape index (κ1) is 39.5. The maximum Gasteiger partial charge on any atom is 0.245 e. The molecule has 8 nitrogen and oxygen atoms in total. The highest BCUT2D eigenvalue weighted by Crippen LogP contribution is 2.34. The quantitative estimate of drug-likeness (QED) is 0.188. The van der Waals surface area contributed by atoms with Crippen LogP contribution in [0.1, 0.15) is 103 Å². The van der Waals surface area contributed by atoms with Gasteiger partial charge in [-0.2, -0.15) is 0 Å². The Morgan fingerprint density at radius 3 is 1.19 bits per heavy atom. The predicted molar refractivity (Wildman–Crippen MR) is 207 cm³/mol. The van der Waals surface area contributed by atoms with Crippen molar-refractivity contribution in [2.24, 2.45) is 23.7 Å². The summed E-state index contributed by atoms with van der Waals surface area (Å²) in [7, 11) is 0. The molecule has 0 bridgehead atoms. The summed E-state index contributed by atoms with van der Waals surface area (Å²) < 4.78 is 0. The predicted octanol–water partition coefficient (Wildman–Crippen LogP) is 7.01. The van der Waals surface area contributed by atoms with Crippen LogP contribution in [-0.2, 0) is 32.0 Å². The van der Waals surface area contributed by atoms with Crippen LogP contribution in [0.25, 0.3) is 0 Å². The molecule has 3 fully saturated rings. The number of benzene rings is 2. The van der Waals surface area contributed by atoms with Crippen LogP contribution in [0.15, 0.2) is 60.7 Å². The molecule has 1 aliphatic carbocycles. The van der Waals surface area contributed by atoms with Crippen LogP contribution in [0, 0.1) is 23.7 Å². The zero-order valence-electron chi connectivity index (χ0n) is 32.4. The SMILES string of the molecule is CC(C)[C@@H](C(=O)N1CCCC1)N(CCCc1ccccc1)C(=O)C1CCC(C(=O)N(CCCc2ccccc2)[C@H](C(=O)N2CCCC2)C(C)C)CC1. The van der Waals surface area contributed by atoms with Crippen LogP contribution in [0.4, 0.5) is 0 Å². The molecule has 2 aromatic carbocycles. The van der Waals surface area contributed by atoms with Crippen LogP contribution < -0.4 is 0 Å². The van der Waals surface area contributed by atoms with E-state index in [2.05, 4.69) is 52.0 Å². The van der Waals surface area contributed by atoms with Crippen LogP contribution in [0.5, 0.6) is 0 Å². The van der Waals surface area contributed by atoms with Crippen molar-refractivity contribution in [3.8, 4) is 0 Å². The highest BCUT2D eigenvalue weighted by Gasteiger charge is 2.42. The first-order valence-corrected chi connectivity index (χ1v) is 20.4. The van der Waals surface area contributed by atoms with Crippen LogP contribution in [0.2, 0.25) is 0 Å².